The fourth-order valence-corrected chi connectivity index (χ4v) is 0.183. The molecule has 0 unspecified atom stereocenters. The van der Waals surface area contributed by atoms with Gasteiger partial charge >= 0.3 is 10.6 Å². The van der Waals surface area contributed by atoms with Crippen LogP contribution in [0.3, 0.4) is 0 Å². The number of hydrogen-bond donors (Lipinski definition) is 2. The van der Waals surface area contributed by atoms with E-state index in [2.05, 4.69) is 4.99 Å². The van der Waals surface area contributed by atoms with E-state index in [4.69, 9.17) is 24.1 Å². The molecule has 0 aliphatic heterocycles. The number of rotatable bonds is 1. The summed E-state index contributed by atoms with van der Waals surface area (Å²) < 4.78 is 25.3. The van der Waals surface area contributed by atoms with Crippen LogP contribution in [0.15, 0.2) is 4.99 Å². The molecule has 60 valence electrons. The molecule has 4 N–H and O–H groups in total. The average molecular weight is 167 g/mol. The minimum Gasteiger partial charge on any atom is -0.370 e. The molecule has 0 saturated carbocycles. The van der Waals surface area contributed by atoms with Crippen molar-refractivity contribution in [1.29, 1.82) is 0 Å². The fourth-order valence-electron chi connectivity index (χ4n) is 0.183. The Labute approximate surface area is 60.0 Å². The number of hydrogen-bond acceptors (Lipinski definition) is 4. The summed E-state index contributed by atoms with van der Waals surface area (Å²) in [4.78, 5) is 3.60. The Morgan fingerprint density at radius 1 is 1.40 bits per heavy atom. The van der Waals surface area contributed by atoms with E-state index in [-0.39, 0.29) is 5.96 Å². The molecule has 0 aromatic rings. The minimum absolute atomic E-state index is 0.164. The molecule has 0 fully saturated rings. The molecule has 7 heteroatoms. The van der Waals surface area contributed by atoms with E-state index in [0.29, 0.717) is 6.54 Å². The van der Waals surface area contributed by atoms with Gasteiger partial charge in [-0.15, -0.1) is 12.6 Å². The van der Waals surface area contributed by atoms with E-state index in [1.54, 1.807) is 0 Å². The molecule has 0 rings (SSSR count). The second-order valence-corrected chi connectivity index (χ2v) is 1.51. The van der Waals surface area contributed by atoms with Gasteiger partial charge in [0.2, 0.25) is 0 Å². The number of aliphatic imine (C=N–C) groups is 1. The van der Waals surface area contributed by atoms with E-state index in [1.165, 1.54) is 0 Å². The number of nitrogens with two attached hydrogens (primary N) is 2. The van der Waals surface area contributed by atoms with Crippen LogP contribution in [-0.4, -0.2) is 25.1 Å². The maximum atomic E-state index is 8.44. The minimum atomic E-state index is -3.11. The Kier molecular flexibility index (Phi) is 9.20. The van der Waals surface area contributed by atoms with Gasteiger partial charge < -0.3 is 11.5 Å². The van der Waals surface area contributed by atoms with Crippen molar-refractivity contribution in [1.82, 2.24) is 0 Å². The Bertz CT molecular complexity index is 181. The Hall–Kier alpha value is -1.11. The Morgan fingerprint density at radius 3 is 1.70 bits per heavy atom. The summed E-state index contributed by atoms with van der Waals surface area (Å²) in [5, 5.41) is 0. The summed E-state index contributed by atoms with van der Waals surface area (Å²) in [7, 11) is -3.11. The second kappa shape index (κ2) is 7.89. The third-order valence-electron chi connectivity index (χ3n) is 0.341. The standard InChI is InChI=1S/C3H9N3.O3S/c1-2-6-3(4)5;1-4(2)3/h2H2,1H3,(H4,4,5,6);. The molecule has 0 atom stereocenters. The molecule has 0 saturated heterocycles. The molecular weight excluding hydrogens is 158 g/mol. The van der Waals surface area contributed by atoms with Gasteiger partial charge in [0.05, 0.1) is 0 Å². The Morgan fingerprint density at radius 2 is 1.70 bits per heavy atom. The molecule has 0 aliphatic rings. The van der Waals surface area contributed by atoms with Gasteiger partial charge in [-0.25, -0.2) is 0 Å². The van der Waals surface area contributed by atoms with Crippen LogP contribution in [0.2, 0.25) is 0 Å². The number of nitrogens with zero attached hydrogens (tertiary/aromatic N) is 1. The van der Waals surface area contributed by atoms with Gasteiger partial charge in [0.25, 0.3) is 0 Å². The largest absolute Gasteiger partial charge is 0.425 e. The average Bonchev–Trinajstić information content (AvgIpc) is 1.62. The van der Waals surface area contributed by atoms with Gasteiger partial charge in [-0.05, 0) is 6.92 Å². The van der Waals surface area contributed by atoms with Crippen molar-refractivity contribution in [2.75, 3.05) is 6.54 Å². The van der Waals surface area contributed by atoms with E-state index < -0.39 is 10.6 Å². The van der Waals surface area contributed by atoms with Crippen LogP contribution in [0.4, 0.5) is 0 Å². The molecule has 0 aromatic carbocycles. The second-order valence-electron chi connectivity index (χ2n) is 1.10. The lowest BCUT2D eigenvalue weighted by Gasteiger charge is -1.82. The van der Waals surface area contributed by atoms with Crippen LogP contribution in [-0.2, 0) is 10.6 Å². The van der Waals surface area contributed by atoms with Crippen LogP contribution in [0.1, 0.15) is 6.92 Å². The predicted octanol–water partition coefficient (Wildman–Crippen LogP) is -1.72. The predicted molar refractivity (Wildman–Crippen MR) is 36.0 cm³/mol. The van der Waals surface area contributed by atoms with Gasteiger partial charge in [-0.2, -0.15) is 0 Å². The van der Waals surface area contributed by atoms with Crippen molar-refractivity contribution >= 4 is 16.6 Å². The SMILES string of the molecule is CCN=C(N)N.O=S(=O)=O. The highest BCUT2D eigenvalue weighted by Crippen LogP contribution is 1.58. The first kappa shape index (κ1) is 11.7. The summed E-state index contributed by atoms with van der Waals surface area (Å²) in [6.45, 7) is 2.54. The summed E-state index contributed by atoms with van der Waals surface area (Å²) in [6, 6.07) is 0. The van der Waals surface area contributed by atoms with Gasteiger partial charge in [0, 0.05) is 6.54 Å². The van der Waals surface area contributed by atoms with Crippen molar-refractivity contribution in [2.24, 2.45) is 16.5 Å². The monoisotopic (exact) mass is 167 g/mol. The lowest BCUT2D eigenvalue weighted by Crippen LogP contribution is -2.22. The fraction of sp³-hybridized carbons (Fsp3) is 0.667. The molecule has 0 spiro atoms. The van der Waals surface area contributed by atoms with Crippen molar-refractivity contribution in [3.8, 4) is 0 Å². The molecule has 6 nitrogen and oxygen atoms in total. The molecule has 0 amide bonds. The zero-order valence-electron chi connectivity index (χ0n) is 5.44. The zero-order chi connectivity index (χ0) is 8.57. The lowest BCUT2D eigenvalue weighted by molar-refractivity contribution is 0.559. The number of guanidine groups is 1. The van der Waals surface area contributed by atoms with Gasteiger partial charge in [0.1, 0.15) is 0 Å². The lowest BCUT2D eigenvalue weighted by atomic mass is 10.8. The van der Waals surface area contributed by atoms with Crippen molar-refractivity contribution < 1.29 is 12.6 Å². The van der Waals surface area contributed by atoms with Crippen LogP contribution >= 0.6 is 0 Å². The van der Waals surface area contributed by atoms with Gasteiger partial charge in [-0.1, -0.05) is 0 Å². The van der Waals surface area contributed by atoms with Gasteiger partial charge in [-0.3, -0.25) is 4.99 Å². The van der Waals surface area contributed by atoms with Crippen LogP contribution in [0, 0.1) is 0 Å². The molecule has 0 aliphatic carbocycles. The van der Waals surface area contributed by atoms with Crippen LogP contribution in [0.25, 0.3) is 0 Å². The maximum Gasteiger partial charge on any atom is 0.425 e. The molecule has 0 aromatic heterocycles. The van der Waals surface area contributed by atoms with E-state index >= 15 is 0 Å². The topological polar surface area (TPSA) is 116 Å². The third kappa shape index (κ3) is 66.9. The summed E-state index contributed by atoms with van der Waals surface area (Å²) in [5.41, 5.74) is 9.86. The highest BCUT2D eigenvalue weighted by molar-refractivity contribution is 7.59. The smallest absolute Gasteiger partial charge is 0.370 e. The zero-order valence-corrected chi connectivity index (χ0v) is 6.26. The first-order valence-electron chi connectivity index (χ1n) is 2.32. The first-order valence-corrected chi connectivity index (χ1v) is 3.32. The third-order valence-corrected chi connectivity index (χ3v) is 0.341. The highest BCUT2D eigenvalue weighted by atomic mass is 32.2. The summed E-state index contributed by atoms with van der Waals surface area (Å²) >= 11 is 0. The maximum absolute atomic E-state index is 8.44. The molecule has 0 heterocycles. The molecule has 0 radical (unpaired) electrons. The Balaban J connectivity index is 0. The van der Waals surface area contributed by atoms with Crippen LogP contribution < -0.4 is 11.5 Å². The van der Waals surface area contributed by atoms with E-state index in [9.17, 15) is 0 Å². The normalized spacial score (nSPS) is 6.90. The van der Waals surface area contributed by atoms with Gasteiger partial charge in [0.15, 0.2) is 5.96 Å². The molecule has 10 heavy (non-hydrogen) atoms. The van der Waals surface area contributed by atoms with Crippen molar-refractivity contribution in [3.05, 3.63) is 0 Å². The molecule has 0 bridgehead atoms. The summed E-state index contributed by atoms with van der Waals surface area (Å²) in [6.07, 6.45) is 0. The van der Waals surface area contributed by atoms with Crippen LogP contribution in [0.5, 0.6) is 0 Å². The highest BCUT2D eigenvalue weighted by Gasteiger charge is 1.68. The molecular formula is C3H9N3O3S. The first-order chi connectivity index (χ1) is 4.50. The quantitative estimate of drug-likeness (QED) is 0.356. The van der Waals surface area contributed by atoms with E-state index in [1.807, 2.05) is 6.92 Å². The van der Waals surface area contributed by atoms with Crippen molar-refractivity contribution in [2.45, 2.75) is 6.92 Å². The van der Waals surface area contributed by atoms with E-state index in [0.717, 1.165) is 0 Å². The van der Waals surface area contributed by atoms with Crippen molar-refractivity contribution in [3.63, 3.8) is 0 Å². The summed E-state index contributed by atoms with van der Waals surface area (Å²) in [5.74, 6) is 0.164.